The number of rotatable bonds is 7. The zero-order valence-electron chi connectivity index (χ0n) is 15.4. The van der Waals surface area contributed by atoms with Crippen molar-refractivity contribution in [3.8, 4) is 0 Å². The second kappa shape index (κ2) is 8.40. The molecule has 1 fully saturated rings. The number of benzene rings is 2. The van der Waals surface area contributed by atoms with Gasteiger partial charge >= 0.3 is 5.97 Å². The summed E-state index contributed by atoms with van der Waals surface area (Å²) in [7, 11) is 0. The van der Waals surface area contributed by atoms with Crippen LogP contribution in [-0.4, -0.2) is 34.7 Å². The summed E-state index contributed by atoms with van der Waals surface area (Å²) < 4.78 is 5.20. The molecule has 29 heavy (non-hydrogen) atoms. The highest BCUT2D eigenvalue weighted by Crippen LogP contribution is 2.27. The van der Waals surface area contributed by atoms with Crippen molar-refractivity contribution in [3.63, 3.8) is 0 Å². The topological polar surface area (TPSA) is 116 Å². The van der Waals surface area contributed by atoms with Crippen LogP contribution in [0, 0.1) is 10.1 Å². The quantitative estimate of drug-likeness (QED) is 0.320. The first-order chi connectivity index (χ1) is 13.8. The molecule has 3 rings (SSSR count). The first kappa shape index (κ1) is 20.5. The number of halogens is 1. The number of hydrogen-bond donors (Lipinski definition) is 1. The zero-order valence-corrected chi connectivity index (χ0v) is 16.1. The van der Waals surface area contributed by atoms with Crippen molar-refractivity contribution in [3.05, 3.63) is 74.3 Å². The minimum atomic E-state index is -1.03. The largest absolute Gasteiger partial charge is 0.449 e. The molecular formula is C20H17ClN2O6. The van der Waals surface area contributed by atoms with Gasteiger partial charge in [-0.15, -0.1) is 0 Å². The smallest absolute Gasteiger partial charge is 0.339 e. The van der Waals surface area contributed by atoms with Gasteiger partial charge in [-0.1, -0.05) is 29.8 Å². The summed E-state index contributed by atoms with van der Waals surface area (Å²) in [6.45, 7) is 1.45. The van der Waals surface area contributed by atoms with Crippen LogP contribution in [0.15, 0.2) is 42.5 Å². The highest BCUT2D eigenvalue weighted by Gasteiger charge is 2.28. The van der Waals surface area contributed by atoms with Gasteiger partial charge in [0.15, 0.2) is 11.9 Å². The summed E-state index contributed by atoms with van der Waals surface area (Å²) in [6.07, 6.45) is 0.774. The van der Waals surface area contributed by atoms with Crippen molar-refractivity contribution in [1.82, 2.24) is 5.32 Å². The Hall–Kier alpha value is -3.26. The lowest BCUT2D eigenvalue weighted by molar-refractivity contribution is -0.384. The van der Waals surface area contributed by atoms with Crippen molar-refractivity contribution in [2.24, 2.45) is 0 Å². The van der Waals surface area contributed by atoms with Crippen LogP contribution in [0.5, 0.6) is 0 Å². The van der Waals surface area contributed by atoms with Gasteiger partial charge in [0.2, 0.25) is 0 Å². The monoisotopic (exact) mass is 416 g/mol. The van der Waals surface area contributed by atoms with Gasteiger partial charge in [0, 0.05) is 23.2 Å². The Labute approximate surface area is 171 Å². The normalized spacial score (nSPS) is 14.0. The molecule has 0 heterocycles. The van der Waals surface area contributed by atoms with E-state index >= 15 is 0 Å². The van der Waals surface area contributed by atoms with Crippen molar-refractivity contribution in [1.29, 1.82) is 0 Å². The van der Waals surface area contributed by atoms with Crippen LogP contribution in [0.25, 0.3) is 0 Å². The number of esters is 1. The Kier molecular flexibility index (Phi) is 5.93. The summed E-state index contributed by atoms with van der Waals surface area (Å²) in [6, 6.07) is 9.67. The van der Waals surface area contributed by atoms with E-state index in [1.807, 2.05) is 0 Å². The number of nitrogens with one attached hydrogen (secondary N) is 1. The lowest BCUT2D eigenvalue weighted by Gasteiger charge is -2.14. The number of nitro groups is 1. The molecule has 1 aliphatic rings. The van der Waals surface area contributed by atoms with Gasteiger partial charge in [-0.25, -0.2) is 4.79 Å². The highest BCUT2D eigenvalue weighted by atomic mass is 35.5. The Morgan fingerprint density at radius 2 is 1.83 bits per heavy atom. The van der Waals surface area contributed by atoms with Gasteiger partial charge in [-0.05, 0) is 38.0 Å². The Morgan fingerprint density at radius 1 is 1.17 bits per heavy atom. The van der Waals surface area contributed by atoms with Gasteiger partial charge in [-0.3, -0.25) is 19.7 Å². The summed E-state index contributed by atoms with van der Waals surface area (Å²) in [5.74, 6) is -1.85. The average molecular weight is 417 g/mol. The number of carbonyl (C=O) groups is 3. The van der Waals surface area contributed by atoms with E-state index in [1.54, 1.807) is 12.1 Å². The number of ketones is 1. The highest BCUT2D eigenvalue weighted by molar-refractivity contribution is 6.33. The van der Waals surface area contributed by atoms with Crippen LogP contribution >= 0.6 is 11.6 Å². The lowest BCUT2D eigenvalue weighted by Crippen LogP contribution is -2.37. The van der Waals surface area contributed by atoms with Crippen LogP contribution in [0.2, 0.25) is 5.02 Å². The van der Waals surface area contributed by atoms with E-state index in [9.17, 15) is 24.5 Å². The maximum atomic E-state index is 12.9. The fourth-order valence-corrected chi connectivity index (χ4v) is 2.82. The van der Waals surface area contributed by atoms with Crippen LogP contribution in [0.1, 0.15) is 46.0 Å². The van der Waals surface area contributed by atoms with E-state index in [0.29, 0.717) is 0 Å². The van der Waals surface area contributed by atoms with E-state index in [4.69, 9.17) is 16.3 Å². The molecule has 0 radical (unpaired) electrons. The van der Waals surface area contributed by atoms with Gasteiger partial charge < -0.3 is 10.1 Å². The number of amides is 1. The van der Waals surface area contributed by atoms with Gasteiger partial charge in [0.25, 0.3) is 11.6 Å². The van der Waals surface area contributed by atoms with E-state index in [-0.39, 0.29) is 27.8 Å². The Bertz CT molecular complexity index is 1000. The zero-order chi connectivity index (χ0) is 21.1. The molecule has 0 aromatic heterocycles. The Balaban J connectivity index is 1.83. The summed E-state index contributed by atoms with van der Waals surface area (Å²) in [5, 5.41) is 13.7. The molecule has 2 aromatic carbocycles. The van der Waals surface area contributed by atoms with Crippen molar-refractivity contribution in [2.75, 3.05) is 0 Å². The SMILES string of the molecule is CC(OC(=O)c1ccccc1C(=O)c1ccc(Cl)c([N+](=O)[O-])c1)C(=O)NC1CC1. The minimum absolute atomic E-state index is 0.000810. The number of hydrogen-bond acceptors (Lipinski definition) is 6. The molecule has 0 bridgehead atoms. The summed E-state index contributed by atoms with van der Waals surface area (Å²) in [4.78, 5) is 47.8. The molecule has 0 aliphatic heterocycles. The molecule has 1 amide bonds. The third kappa shape index (κ3) is 4.78. The molecule has 8 nitrogen and oxygen atoms in total. The van der Waals surface area contributed by atoms with Crippen molar-refractivity contribution >= 4 is 34.9 Å². The number of nitro benzene ring substituents is 1. The summed E-state index contributed by atoms with van der Waals surface area (Å²) in [5.41, 5.74) is -0.450. The van der Waals surface area contributed by atoms with E-state index < -0.39 is 34.4 Å². The van der Waals surface area contributed by atoms with Crippen LogP contribution in [0.3, 0.4) is 0 Å². The number of carbonyl (C=O) groups excluding carboxylic acids is 3. The van der Waals surface area contributed by atoms with Crippen LogP contribution < -0.4 is 5.32 Å². The average Bonchev–Trinajstić information content (AvgIpc) is 3.51. The van der Waals surface area contributed by atoms with E-state index in [1.165, 1.54) is 31.2 Å². The van der Waals surface area contributed by atoms with Crippen LogP contribution in [0.4, 0.5) is 5.69 Å². The molecule has 0 saturated heterocycles. The molecule has 1 aliphatic carbocycles. The molecule has 9 heteroatoms. The van der Waals surface area contributed by atoms with Gasteiger partial charge in [0.05, 0.1) is 10.5 Å². The third-order valence-electron chi connectivity index (χ3n) is 4.37. The Morgan fingerprint density at radius 3 is 2.45 bits per heavy atom. The molecule has 150 valence electrons. The molecule has 1 unspecified atom stereocenters. The van der Waals surface area contributed by atoms with Crippen LogP contribution in [-0.2, 0) is 9.53 Å². The molecule has 1 saturated carbocycles. The molecule has 2 aromatic rings. The number of nitrogens with zero attached hydrogens (tertiary/aromatic N) is 1. The lowest BCUT2D eigenvalue weighted by atomic mass is 9.98. The minimum Gasteiger partial charge on any atom is -0.449 e. The predicted molar refractivity (Wildman–Crippen MR) is 104 cm³/mol. The molecular weight excluding hydrogens is 400 g/mol. The van der Waals surface area contributed by atoms with E-state index in [2.05, 4.69) is 5.32 Å². The molecule has 0 spiro atoms. The fraction of sp³-hybridized carbons (Fsp3) is 0.250. The predicted octanol–water partition coefficient (Wildman–Crippen LogP) is 3.30. The summed E-state index contributed by atoms with van der Waals surface area (Å²) >= 11 is 5.79. The second-order valence-electron chi connectivity index (χ2n) is 6.63. The van der Waals surface area contributed by atoms with Gasteiger partial charge in [0.1, 0.15) is 5.02 Å². The maximum absolute atomic E-state index is 12.9. The first-order valence-corrected chi connectivity index (χ1v) is 9.24. The third-order valence-corrected chi connectivity index (χ3v) is 4.69. The standard InChI is InChI=1S/C20H17ClN2O6/c1-11(19(25)22-13-7-8-13)29-20(26)15-5-3-2-4-14(15)18(24)12-6-9-16(21)17(10-12)23(27)28/h2-6,9-11,13H,7-8H2,1H3,(H,22,25). The van der Waals surface area contributed by atoms with Crippen molar-refractivity contribution < 1.29 is 24.0 Å². The first-order valence-electron chi connectivity index (χ1n) is 8.87. The van der Waals surface area contributed by atoms with Crippen molar-refractivity contribution in [2.45, 2.75) is 31.9 Å². The maximum Gasteiger partial charge on any atom is 0.339 e. The van der Waals surface area contributed by atoms with Gasteiger partial charge in [-0.2, -0.15) is 0 Å². The number of ether oxygens (including phenoxy) is 1. The fourth-order valence-electron chi connectivity index (χ4n) is 2.63. The second-order valence-corrected chi connectivity index (χ2v) is 7.04. The van der Waals surface area contributed by atoms with E-state index in [0.717, 1.165) is 18.9 Å². The molecule has 1 atom stereocenters. The molecule has 1 N–H and O–H groups in total.